The molecule has 11 heterocycles. The zero-order valence-electron chi connectivity index (χ0n) is 41.6. The van der Waals surface area contributed by atoms with E-state index in [-0.39, 0.29) is 0 Å². The molecule has 11 aliphatic rings. The average Bonchev–Trinajstić information content (AvgIpc) is 4.34. The molecule has 0 amide bonds. The number of anilines is 3. The van der Waals surface area contributed by atoms with Crippen molar-refractivity contribution in [2.75, 3.05) is 96.1 Å². The first kappa shape index (κ1) is 55.2. The largest absolute Gasteiger partial charge is 0.502 e. The molecule has 3 fully saturated rings. The first-order valence-electron chi connectivity index (χ1n) is 25.3. The average molecular weight is 967 g/mol. The Kier molecular flexibility index (Phi) is 29.7. The molecule has 0 radical (unpaired) electrons. The van der Waals surface area contributed by atoms with Crippen LogP contribution in [0.5, 0.6) is 11.5 Å². The number of rotatable bonds is 0. The van der Waals surface area contributed by atoms with Crippen LogP contribution >= 0.6 is 0 Å². The minimum absolute atomic E-state index is 0.733. The maximum atomic E-state index is 5.71. The highest BCUT2D eigenvalue weighted by molar-refractivity contribution is 5.75. The Morgan fingerprint density at radius 3 is 1.79 bits per heavy atom. The second-order valence-corrected chi connectivity index (χ2v) is 16.4. The summed E-state index contributed by atoms with van der Waals surface area (Å²) in [7, 11) is 0. The predicted octanol–water partition coefficient (Wildman–Crippen LogP) is 9.81. The minimum atomic E-state index is 0.733. The first-order valence-corrected chi connectivity index (χ1v) is 25.3. The van der Waals surface area contributed by atoms with Gasteiger partial charge < -0.3 is 50.5 Å². The Balaban J connectivity index is 0.000000150. The molecular weight excluding hydrogens is 889 g/mol. The zero-order chi connectivity index (χ0) is 49.2. The predicted molar refractivity (Wildman–Crippen MR) is 295 cm³/mol. The molecule has 7 N–H and O–H groups in total. The lowest BCUT2D eigenvalue weighted by atomic mass is 10.2. The molecule has 14 rings (SSSR count). The van der Waals surface area contributed by atoms with E-state index in [1.807, 2.05) is 91.2 Å². The molecule has 0 saturated carbocycles. The van der Waals surface area contributed by atoms with Crippen molar-refractivity contribution >= 4 is 29.5 Å². The molecule has 0 unspecified atom stereocenters. The molecule has 380 valence electrons. The van der Waals surface area contributed by atoms with Crippen molar-refractivity contribution in [3.05, 3.63) is 176 Å². The van der Waals surface area contributed by atoms with Gasteiger partial charge in [-0.15, -0.1) is 0 Å². The van der Waals surface area contributed by atoms with E-state index in [1.54, 1.807) is 18.7 Å². The maximum absolute atomic E-state index is 5.71. The lowest BCUT2D eigenvalue weighted by Gasteiger charge is -2.23. The fourth-order valence-electron chi connectivity index (χ4n) is 7.00. The van der Waals surface area contributed by atoms with Gasteiger partial charge in [-0.05, 0) is 123 Å². The normalized spacial score (nSPS) is 18.3. The van der Waals surface area contributed by atoms with E-state index in [9.17, 15) is 0 Å². The molecule has 3 aromatic carbocycles. The number of aliphatic imine (C=N–C) groups is 1. The Morgan fingerprint density at radius 1 is 0.577 bits per heavy atom. The van der Waals surface area contributed by atoms with Crippen LogP contribution < -0.4 is 42.3 Å². The van der Waals surface area contributed by atoms with Crippen molar-refractivity contribution in [1.29, 1.82) is 0 Å². The highest BCUT2D eigenvalue weighted by Crippen LogP contribution is 2.41. The quantitative estimate of drug-likeness (QED) is 0.0900. The van der Waals surface area contributed by atoms with Crippen LogP contribution in [0, 0.1) is 0 Å². The van der Waals surface area contributed by atoms with Crippen LogP contribution in [0.2, 0.25) is 0 Å². The van der Waals surface area contributed by atoms with E-state index < -0.39 is 0 Å². The second kappa shape index (κ2) is 38.1. The van der Waals surface area contributed by atoms with E-state index in [2.05, 4.69) is 119 Å². The number of hydrogen-bond acceptors (Lipinski definition) is 14. The molecule has 71 heavy (non-hydrogen) atoms. The number of ether oxygens (including phenoxy) is 4. The minimum Gasteiger partial charge on any atom is -0.502 e. The fourth-order valence-corrected chi connectivity index (χ4v) is 7.00. The molecular formula is C57H78N10O4. The molecule has 3 saturated heterocycles. The molecule has 0 atom stereocenters. The highest BCUT2D eigenvalue weighted by atomic mass is 16.5. The van der Waals surface area contributed by atoms with Gasteiger partial charge in [0.05, 0.1) is 37.1 Å². The monoisotopic (exact) mass is 967 g/mol. The molecule has 14 nitrogen and oxygen atoms in total. The van der Waals surface area contributed by atoms with Gasteiger partial charge in [-0.1, -0.05) is 72.8 Å². The van der Waals surface area contributed by atoms with Gasteiger partial charge >= 0.3 is 0 Å². The number of benzene rings is 3. The third kappa shape index (κ3) is 25.7. The Hall–Kier alpha value is -6.68. The number of allylic oxidation sites excluding steroid dienone is 9. The Labute approximate surface area is 423 Å². The van der Waals surface area contributed by atoms with Crippen molar-refractivity contribution < 1.29 is 18.9 Å². The summed E-state index contributed by atoms with van der Waals surface area (Å²) in [5, 5.41) is 16.5. The van der Waals surface area contributed by atoms with Crippen molar-refractivity contribution in [1.82, 2.24) is 31.8 Å². The summed E-state index contributed by atoms with van der Waals surface area (Å²) in [5.74, 6) is 1.76. The van der Waals surface area contributed by atoms with Gasteiger partial charge in [0, 0.05) is 102 Å². The van der Waals surface area contributed by atoms with Crippen molar-refractivity contribution in [3.8, 4) is 11.5 Å². The van der Waals surface area contributed by atoms with Crippen LogP contribution in [0.1, 0.15) is 50.5 Å². The number of fused-ring (bicyclic) bond motifs is 4. The number of hydrazine groups is 1. The fraction of sp³-hybridized carbons (Fsp3) is 0.368. The number of nitrogens with one attached hydrogen (secondary N) is 7. The summed E-state index contributed by atoms with van der Waals surface area (Å²) in [5.41, 5.74) is 14.8. The first-order chi connectivity index (χ1) is 35.4. The molecule has 11 aliphatic heterocycles. The number of hydrazone groups is 1. The zero-order valence-corrected chi connectivity index (χ0v) is 41.6. The summed E-state index contributed by atoms with van der Waals surface area (Å²) in [4.78, 5) is 6.06. The number of hydrogen-bond donors (Lipinski definition) is 7. The van der Waals surface area contributed by atoms with Crippen LogP contribution in [0.25, 0.3) is 0 Å². The molecule has 0 aliphatic carbocycles. The number of para-hydroxylation sites is 5. The summed E-state index contributed by atoms with van der Waals surface area (Å²) in [6.45, 7) is 13.2. The summed E-state index contributed by atoms with van der Waals surface area (Å²) >= 11 is 0. The third-order valence-electron chi connectivity index (χ3n) is 10.8. The van der Waals surface area contributed by atoms with Crippen molar-refractivity contribution in [3.63, 3.8) is 0 Å². The molecule has 3 aromatic rings. The van der Waals surface area contributed by atoms with Gasteiger partial charge in [0.2, 0.25) is 0 Å². The van der Waals surface area contributed by atoms with Gasteiger partial charge in [0.1, 0.15) is 6.61 Å². The number of nitrogens with zero attached hydrogens (tertiary/aromatic N) is 3. The second-order valence-electron chi connectivity index (χ2n) is 16.4. The molecule has 14 heteroatoms. The van der Waals surface area contributed by atoms with Gasteiger partial charge in [-0.2, -0.15) is 5.10 Å². The van der Waals surface area contributed by atoms with Crippen molar-refractivity contribution in [2.24, 2.45) is 10.1 Å². The van der Waals surface area contributed by atoms with Crippen LogP contribution in [0.3, 0.4) is 0 Å². The molecule has 0 aromatic heterocycles. The van der Waals surface area contributed by atoms with E-state index in [0.717, 1.165) is 115 Å². The van der Waals surface area contributed by atoms with Crippen molar-refractivity contribution in [2.45, 2.75) is 51.4 Å². The van der Waals surface area contributed by atoms with E-state index >= 15 is 0 Å². The standard InChI is InChI=1S/C12H9NO.C9H9N.C8H9N.C5H10O.C5H8O.C5H6O.C4H5N.2C3H8N2.C3H6N2/c1-3-7-11-9(5-1)13-10-6-2-4-8-12(10)14-11;1-3-7-10-8-4-2-6-9(10)5-1;1-2-4-8-7(3-1)5-6-9-8;3*1-2-4-6-5-3-1;1-2-4-5-3-1;1-2-5-3-4-1;2*1-2-4-5-3-1/h1-8,13H;1-7H,8H2;1-4,9H,5-6H2;1-5H2;2,4H,1,3,5H2;1-4H,5H2;1-3H,4H2;2*4-5H,1-3H2;2,5H,1,3H2. The highest BCUT2D eigenvalue weighted by Gasteiger charge is 2.14. The lowest BCUT2D eigenvalue weighted by Crippen LogP contribution is -2.21. The summed E-state index contributed by atoms with van der Waals surface area (Å²) < 4.78 is 20.5. The van der Waals surface area contributed by atoms with Gasteiger partial charge in [-0.3, -0.25) is 15.8 Å². The van der Waals surface area contributed by atoms with E-state index in [4.69, 9.17) is 18.9 Å². The van der Waals surface area contributed by atoms with E-state index in [0.29, 0.717) is 0 Å². The van der Waals surface area contributed by atoms with Gasteiger partial charge in [-0.25, -0.2) is 0 Å². The third-order valence-corrected chi connectivity index (χ3v) is 10.8. The van der Waals surface area contributed by atoms with Crippen LogP contribution in [-0.4, -0.2) is 103 Å². The maximum Gasteiger partial charge on any atom is 0.150 e. The van der Waals surface area contributed by atoms with Crippen LogP contribution in [0.15, 0.2) is 180 Å². The van der Waals surface area contributed by atoms with Crippen LogP contribution in [-0.2, 0) is 20.6 Å². The summed E-state index contributed by atoms with van der Waals surface area (Å²) in [6, 6.07) is 24.3. The van der Waals surface area contributed by atoms with Gasteiger partial charge in [0.25, 0.3) is 0 Å². The smallest absolute Gasteiger partial charge is 0.150 e. The molecule has 0 spiro atoms. The molecule has 0 bridgehead atoms. The SMILES string of the molecule is C1=CCN2C=CC=CC2=C1.C1=CCN=C1.C1=CCOC=C1.C1=COCCC1.C1=NNCC1.C1CCOCC1.C1CNCN1.C1CNNC1.c1ccc2c(c1)CCN2.c1ccc2c(c1)Nc1ccccc1O2. The Morgan fingerprint density at radius 2 is 1.35 bits per heavy atom. The topological polar surface area (TPSA) is 149 Å². The lowest BCUT2D eigenvalue weighted by molar-refractivity contribution is 0.0968. The summed E-state index contributed by atoms with van der Waals surface area (Å²) in [6.07, 6.45) is 43.5. The van der Waals surface area contributed by atoms with Gasteiger partial charge in [0.15, 0.2) is 11.5 Å². The Bertz CT molecular complexity index is 2000. The van der Waals surface area contributed by atoms with Crippen LogP contribution in [0.4, 0.5) is 17.1 Å². The van der Waals surface area contributed by atoms with E-state index in [1.165, 1.54) is 61.9 Å².